The molecule has 2 unspecified atom stereocenters. The van der Waals surface area contributed by atoms with Gasteiger partial charge >= 0.3 is 13.1 Å². The topological polar surface area (TPSA) is 114 Å². The van der Waals surface area contributed by atoms with Crippen LogP contribution in [0.1, 0.15) is 62.9 Å². The third kappa shape index (κ3) is 7.75. The summed E-state index contributed by atoms with van der Waals surface area (Å²) in [7, 11) is -0.569. The minimum Gasteiger partial charge on any atom is -0.402 e. The fourth-order valence-corrected chi connectivity index (χ4v) is 4.99. The first-order chi connectivity index (χ1) is 19.5. The fourth-order valence-electron chi connectivity index (χ4n) is 4.99. The average molecular weight is 557 g/mol. The van der Waals surface area contributed by atoms with Crippen molar-refractivity contribution in [1.82, 2.24) is 25.4 Å². The van der Waals surface area contributed by atoms with Gasteiger partial charge < -0.3 is 19.9 Å². The summed E-state index contributed by atoms with van der Waals surface area (Å²) in [4.78, 5) is 17.0. The maximum Gasteiger partial charge on any atom is 0.482 e. The van der Waals surface area contributed by atoms with E-state index in [9.17, 15) is 10.1 Å². The molecule has 0 radical (unpaired) electrons. The predicted molar refractivity (Wildman–Crippen MR) is 159 cm³/mol. The van der Waals surface area contributed by atoms with Crippen LogP contribution in [0.5, 0.6) is 0 Å². The van der Waals surface area contributed by atoms with E-state index in [2.05, 4.69) is 76.2 Å². The van der Waals surface area contributed by atoms with Crippen molar-refractivity contribution in [2.24, 2.45) is 5.92 Å². The van der Waals surface area contributed by atoms with Gasteiger partial charge in [-0.05, 0) is 76.5 Å². The maximum absolute atomic E-state index is 13.0. The molecule has 2 amide bonds. The van der Waals surface area contributed by atoms with Gasteiger partial charge in [0.25, 0.3) is 0 Å². The second-order valence-corrected chi connectivity index (χ2v) is 12.0. The number of urea groups is 1. The minimum atomic E-state index is -0.569. The molecule has 41 heavy (non-hydrogen) atoms. The Hall–Kier alpha value is -3.68. The summed E-state index contributed by atoms with van der Waals surface area (Å²) < 4.78 is 14.2. The lowest BCUT2D eigenvalue weighted by atomic mass is 9.75. The first-order valence-corrected chi connectivity index (χ1v) is 14.2. The summed E-state index contributed by atoms with van der Waals surface area (Å²) >= 11 is 0. The number of hydrogen-bond acceptors (Lipinski definition) is 6. The van der Waals surface area contributed by atoms with Crippen LogP contribution < -0.4 is 10.6 Å². The molecule has 9 nitrogen and oxygen atoms in total. The number of nitrogens with zero attached hydrogens (tertiary/aromatic N) is 4. The molecule has 3 aromatic rings. The number of amides is 2. The smallest absolute Gasteiger partial charge is 0.402 e. The number of carbonyl (C=O) groups excluding carboxylic acids is 1. The zero-order valence-corrected chi connectivity index (χ0v) is 24.9. The number of hydrogen-bond donors (Lipinski definition) is 2. The Morgan fingerprint density at radius 1 is 1.05 bits per heavy atom. The SMILES string of the molecule is Cc1ccc(C[C@H](NC(=O)NCCc2cccc(CC(C)C(C#N)n3cncn3)c2)B2OC(C)(C)C(C)(C)O2)cc1. The molecule has 0 spiro atoms. The van der Waals surface area contributed by atoms with Gasteiger partial charge in [0.05, 0.1) is 23.2 Å². The quantitative estimate of drug-likeness (QED) is 0.334. The highest BCUT2D eigenvalue weighted by molar-refractivity contribution is 6.48. The average Bonchev–Trinajstić information content (AvgIpc) is 3.51. The van der Waals surface area contributed by atoms with Gasteiger partial charge in [-0.2, -0.15) is 10.4 Å². The number of nitrogens with one attached hydrogen (secondary N) is 2. The number of aromatic nitrogens is 3. The van der Waals surface area contributed by atoms with Gasteiger partial charge in [-0.25, -0.2) is 14.5 Å². The molecular formula is C31H41BN6O3. The molecule has 1 fully saturated rings. The second kappa shape index (κ2) is 12.9. The van der Waals surface area contributed by atoms with Crippen molar-refractivity contribution < 1.29 is 14.1 Å². The van der Waals surface area contributed by atoms with Crippen LogP contribution >= 0.6 is 0 Å². The Balaban J connectivity index is 1.33. The highest BCUT2D eigenvalue weighted by Crippen LogP contribution is 2.38. The van der Waals surface area contributed by atoms with Crippen LogP contribution in [-0.4, -0.2) is 51.6 Å². The zero-order chi connectivity index (χ0) is 29.6. The van der Waals surface area contributed by atoms with Crippen molar-refractivity contribution in [3.05, 3.63) is 83.4 Å². The molecule has 1 saturated heterocycles. The van der Waals surface area contributed by atoms with E-state index in [1.807, 2.05) is 40.7 Å². The normalized spacial score (nSPS) is 17.8. The summed E-state index contributed by atoms with van der Waals surface area (Å²) in [6.07, 6.45) is 5.02. The third-order valence-corrected chi connectivity index (χ3v) is 8.13. The number of rotatable bonds is 11. The highest BCUT2D eigenvalue weighted by Gasteiger charge is 2.54. The Bertz CT molecular complexity index is 1320. The van der Waals surface area contributed by atoms with E-state index in [0.29, 0.717) is 19.4 Å². The van der Waals surface area contributed by atoms with Gasteiger partial charge in [0, 0.05) is 6.54 Å². The molecule has 1 aliphatic heterocycles. The van der Waals surface area contributed by atoms with Crippen molar-refractivity contribution in [3.8, 4) is 6.07 Å². The highest BCUT2D eigenvalue weighted by atomic mass is 16.7. The van der Waals surface area contributed by atoms with Crippen molar-refractivity contribution in [2.45, 2.75) is 84.0 Å². The monoisotopic (exact) mass is 556 g/mol. The third-order valence-electron chi connectivity index (χ3n) is 8.13. The Kier molecular flexibility index (Phi) is 9.51. The number of aryl methyl sites for hydroxylation is 1. The van der Waals surface area contributed by atoms with E-state index in [1.54, 1.807) is 11.0 Å². The van der Waals surface area contributed by atoms with Crippen LogP contribution in [0.4, 0.5) is 4.79 Å². The van der Waals surface area contributed by atoms with E-state index in [0.717, 1.165) is 23.1 Å². The van der Waals surface area contributed by atoms with Crippen LogP contribution in [0.25, 0.3) is 0 Å². The van der Waals surface area contributed by atoms with E-state index >= 15 is 0 Å². The minimum absolute atomic E-state index is 0.0568. The molecule has 2 N–H and O–H groups in total. The maximum atomic E-state index is 13.0. The van der Waals surface area contributed by atoms with Crippen LogP contribution in [0.15, 0.2) is 61.2 Å². The first kappa shape index (κ1) is 30.3. The van der Waals surface area contributed by atoms with Gasteiger partial charge in [-0.1, -0.05) is 61.0 Å². The molecule has 10 heteroatoms. The number of carbonyl (C=O) groups is 1. The molecular weight excluding hydrogens is 515 g/mol. The molecule has 0 bridgehead atoms. The summed E-state index contributed by atoms with van der Waals surface area (Å²) in [5.74, 6) is -0.303. The predicted octanol–water partition coefficient (Wildman–Crippen LogP) is 4.61. The molecule has 0 saturated carbocycles. The van der Waals surface area contributed by atoms with Crippen molar-refractivity contribution in [1.29, 1.82) is 5.26 Å². The van der Waals surface area contributed by atoms with Crippen LogP contribution in [0.2, 0.25) is 0 Å². The standard InChI is InChI=1S/C31H41BN6O3/c1-22-10-12-25(13-11-22)18-28(32-40-30(3,4)31(5,6)41-32)37-29(39)35-15-14-24-8-7-9-26(17-24)16-23(2)27(19-33)38-21-34-20-36-38/h7-13,17,20-21,23,27-28H,14-16,18H2,1-6H3,(H2,35,37,39)/t23?,27?,28-/m0/s1. The first-order valence-electron chi connectivity index (χ1n) is 14.2. The largest absolute Gasteiger partial charge is 0.482 e. The van der Waals surface area contributed by atoms with Gasteiger partial charge in [-0.15, -0.1) is 0 Å². The van der Waals surface area contributed by atoms with Gasteiger partial charge in [0.15, 0.2) is 0 Å². The summed E-state index contributed by atoms with van der Waals surface area (Å²) in [6, 6.07) is 18.3. The summed E-state index contributed by atoms with van der Waals surface area (Å²) in [5.41, 5.74) is 3.55. The Labute approximate surface area is 243 Å². The second-order valence-electron chi connectivity index (χ2n) is 12.0. The summed E-state index contributed by atoms with van der Waals surface area (Å²) in [6.45, 7) is 12.6. The molecule has 216 valence electrons. The molecule has 0 aliphatic carbocycles. The lowest BCUT2D eigenvalue weighted by molar-refractivity contribution is 0.00578. The molecule has 1 aliphatic rings. The van der Waals surface area contributed by atoms with Crippen molar-refractivity contribution >= 4 is 13.1 Å². The van der Waals surface area contributed by atoms with Crippen LogP contribution in [-0.2, 0) is 28.6 Å². The molecule has 4 rings (SSSR count). The van der Waals surface area contributed by atoms with E-state index in [1.165, 1.54) is 11.9 Å². The van der Waals surface area contributed by atoms with Gasteiger partial charge in [0.2, 0.25) is 0 Å². The molecule has 3 atom stereocenters. The lowest BCUT2D eigenvalue weighted by Gasteiger charge is -2.32. The fraction of sp³-hybridized carbons (Fsp3) is 0.484. The van der Waals surface area contributed by atoms with Gasteiger partial charge in [-0.3, -0.25) is 0 Å². The molecule has 2 aromatic carbocycles. The lowest BCUT2D eigenvalue weighted by Crippen LogP contribution is -2.52. The summed E-state index contributed by atoms with van der Waals surface area (Å²) in [5, 5.41) is 19.9. The van der Waals surface area contributed by atoms with E-state index < -0.39 is 18.3 Å². The van der Waals surface area contributed by atoms with Crippen molar-refractivity contribution in [3.63, 3.8) is 0 Å². The van der Waals surface area contributed by atoms with Crippen molar-refractivity contribution in [2.75, 3.05) is 6.54 Å². The Morgan fingerprint density at radius 3 is 2.37 bits per heavy atom. The van der Waals surface area contributed by atoms with Gasteiger partial charge in [0.1, 0.15) is 18.7 Å². The van der Waals surface area contributed by atoms with Crippen LogP contribution in [0, 0.1) is 24.2 Å². The molecule has 1 aromatic heterocycles. The van der Waals surface area contributed by atoms with E-state index in [-0.39, 0.29) is 23.9 Å². The Morgan fingerprint density at radius 2 is 1.73 bits per heavy atom. The van der Waals surface area contributed by atoms with Crippen LogP contribution in [0.3, 0.4) is 0 Å². The number of nitriles is 1. The number of benzene rings is 2. The van der Waals surface area contributed by atoms with E-state index in [4.69, 9.17) is 9.31 Å². The zero-order valence-electron chi connectivity index (χ0n) is 24.9. The molecule has 2 heterocycles.